The Morgan fingerprint density at radius 2 is 1.85 bits per heavy atom. The largest absolute Gasteiger partial charge is 0.383 e. The molecule has 0 aliphatic heterocycles. The van der Waals surface area contributed by atoms with Gasteiger partial charge in [0.1, 0.15) is 0 Å². The van der Waals surface area contributed by atoms with Crippen molar-refractivity contribution in [3.63, 3.8) is 0 Å². The number of ether oxygens (including phenoxy) is 1. The minimum absolute atomic E-state index is 0.135. The molecule has 0 radical (unpaired) electrons. The molecule has 26 heavy (non-hydrogen) atoms. The van der Waals surface area contributed by atoms with E-state index in [1.54, 1.807) is 31.4 Å². The Labute approximate surface area is 166 Å². The molecule has 2 rings (SSSR count). The Morgan fingerprint density at radius 1 is 1.12 bits per heavy atom. The Balaban J connectivity index is 1.86. The highest BCUT2D eigenvalue weighted by Crippen LogP contribution is 2.18. The second kappa shape index (κ2) is 11.0. The molecule has 138 valence electrons. The van der Waals surface area contributed by atoms with Crippen LogP contribution < -0.4 is 10.6 Å². The summed E-state index contributed by atoms with van der Waals surface area (Å²) in [6, 6.07) is 15.0. The van der Waals surface area contributed by atoms with E-state index in [4.69, 9.17) is 4.74 Å². The predicted octanol–water partition coefficient (Wildman–Crippen LogP) is 3.70. The van der Waals surface area contributed by atoms with Gasteiger partial charge in [-0.3, -0.25) is 9.59 Å². The standard InChI is InChI=1S/C19H21BrN2O3S/c1-25-11-10-21-19(24)16-4-2-3-5-17(16)22-18(23)13-26-12-14-6-8-15(20)9-7-14/h2-9H,10-13H2,1H3,(H,21,24)(H,22,23). The molecular formula is C19H21BrN2O3S. The summed E-state index contributed by atoms with van der Waals surface area (Å²) in [5.41, 5.74) is 2.11. The van der Waals surface area contributed by atoms with Crippen molar-refractivity contribution >= 4 is 45.2 Å². The Bertz CT molecular complexity index is 738. The normalized spacial score (nSPS) is 10.4. The number of nitrogens with one attached hydrogen (secondary N) is 2. The zero-order valence-corrected chi connectivity index (χ0v) is 16.9. The average Bonchev–Trinajstić information content (AvgIpc) is 2.64. The third-order valence-electron chi connectivity index (χ3n) is 3.45. The second-order valence-electron chi connectivity index (χ2n) is 5.46. The third kappa shape index (κ3) is 6.82. The lowest BCUT2D eigenvalue weighted by atomic mass is 10.1. The minimum atomic E-state index is -0.236. The van der Waals surface area contributed by atoms with Gasteiger partial charge in [0, 0.05) is 23.9 Å². The molecule has 2 N–H and O–H groups in total. The summed E-state index contributed by atoms with van der Waals surface area (Å²) in [7, 11) is 1.58. The van der Waals surface area contributed by atoms with Crippen LogP contribution in [0.25, 0.3) is 0 Å². The Hall–Kier alpha value is -1.83. The summed E-state index contributed by atoms with van der Waals surface area (Å²) >= 11 is 4.93. The van der Waals surface area contributed by atoms with E-state index in [-0.39, 0.29) is 11.8 Å². The fourth-order valence-electron chi connectivity index (χ4n) is 2.18. The quantitative estimate of drug-likeness (QED) is 0.588. The molecule has 2 aromatic rings. The van der Waals surface area contributed by atoms with E-state index in [2.05, 4.69) is 26.6 Å². The summed E-state index contributed by atoms with van der Waals surface area (Å²) in [5, 5.41) is 5.58. The van der Waals surface area contributed by atoms with Crippen molar-refractivity contribution < 1.29 is 14.3 Å². The van der Waals surface area contributed by atoms with E-state index >= 15 is 0 Å². The van der Waals surface area contributed by atoms with Crippen molar-refractivity contribution in [2.45, 2.75) is 5.75 Å². The molecule has 0 unspecified atom stereocenters. The molecule has 5 nitrogen and oxygen atoms in total. The van der Waals surface area contributed by atoms with Gasteiger partial charge < -0.3 is 15.4 Å². The maximum atomic E-state index is 12.2. The lowest BCUT2D eigenvalue weighted by Crippen LogP contribution is -2.28. The molecule has 0 atom stereocenters. The van der Waals surface area contributed by atoms with Gasteiger partial charge in [0.25, 0.3) is 5.91 Å². The first kappa shape index (κ1) is 20.5. The van der Waals surface area contributed by atoms with Crippen molar-refractivity contribution in [3.8, 4) is 0 Å². The highest BCUT2D eigenvalue weighted by Gasteiger charge is 2.12. The number of carbonyl (C=O) groups excluding carboxylic acids is 2. The van der Waals surface area contributed by atoms with Crippen LogP contribution in [0.1, 0.15) is 15.9 Å². The maximum Gasteiger partial charge on any atom is 0.253 e. The SMILES string of the molecule is COCCNC(=O)c1ccccc1NC(=O)CSCc1ccc(Br)cc1. The van der Waals surface area contributed by atoms with E-state index in [1.165, 1.54) is 11.8 Å². The van der Waals surface area contributed by atoms with Crippen molar-refractivity contribution in [1.82, 2.24) is 5.32 Å². The van der Waals surface area contributed by atoms with Crippen LogP contribution in [-0.4, -0.2) is 37.8 Å². The lowest BCUT2D eigenvalue weighted by Gasteiger charge is -2.11. The molecule has 0 saturated carbocycles. The number of hydrogen-bond donors (Lipinski definition) is 2. The zero-order chi connectivity index (χ0) is 18.8. The molecule has 0 aliphatic rings. The molecule has 2 amide bonds. The molecule has 0 spiro atoms. The summed E-state index contributed by atoms with van der Waals surface area (Å²) in [5.74, 6) is 0.694. The number of thioether (sulfide) groups is 1. The molecule has 7 heteroatoms. The monoisotopic (exact) mass is 436 g/mol. The summed E-state index contributed by atoms with van der Waals surface area (Å²) in [6.07, 6.45) is 0. The van der Waals surface area contributed by atoms with Crippen LogP contribution in [0.3, 0.4) is 0 Å². The van der Waals surface area contributed by atoms with Gasteiger partial charge in [0.15, 0.2) is 0 Å². The van der Waals surface area contributed by atoms with Crippen LogP contribution >= 0.6 is 27.7 Å². The zero-order valence-electron chi connectivity index (χ0n) is 14.5. The highest BCUT2D eigenvalue weighted by atomic mass is 79.9. The van der Waals surface area contributed by atoms with Gasteiger partial charge in [-0.05, 0) is 29.8 Å². The fraction of sp³-hybridized carbons (Fsp3) is 0.263. The molecule has 0 saturated heterocycles. The molecule has 2 aromatic carbocycles. The van der Waals surface area contributed by atoms with E-state index < -0.39 is 0 Å². The molecule has 0 bridgehead atoms. The first-order chi connectivity index (χ1) is 12.6. The summed E-state index contributed by atoms with van der Waals surface area (Å²) < 4.78 is 5.95. The third-order valence-corrected chi connectivity index (χ3v) is 4.99. The van der Waals surface area contributed by atoms with E-state index in [9.17, 15) is 9.59 Å². The first-order valence-electron chi connectivity index (χ1n) is 8.08. The second-order valence-corrected chi connectivity index (χ2v) is 7.36. The molecular weight excluding hydrogens is 416 g/mol. The number of para-hydroxylation sites is 1. The predicted molar refractivity (Wildman–Crippen MR) is 110 cm³/mol. The van der Waals surface area contributed by atoms with Crippen molar-refractivity contribution in [1.29, 1.82) is 0 Å². The smallest absolute Gasteiger partial charge is 0.253 e. The number of anilines is 1. The minimum Gasteiger partial charge on any atom is -0.383 e. The van der Waals surface area contributed by atoms with Crippen LogP contribution in [0, 0.1) is 0 Å². The van der Waals surface area contributed by atoms with Crippen LogP contribution in [0.2, 0.25) is 0 Å². The highest BCUT2D eigenvalue weighted by molar-refractivity contribution is 9.10. The van der Waals surface area contributed by atoms with Crippen molar-refractivity contribution in [3.05, 3.63) is 64.1 Å². The number of benzene rings is 2. The Kier molecular flexibility index (Phi) is 8.67. The van der Waals surface area contributed by atoms with E-state index in [0.29, 0.717) is 30.2 Å². The molecule has 0 fully saturated rings. The fourth-order valence-corrected chi connectivity index (χ4v) is 3.23. The lowest BCUT2D eigenvalue weighted by molar-refractivity contribution is -0.113. The van der Waals surface area contributed by atoms with Crippen LogP contribution in [-0.2, 0) is 15.3 Å². The van der Waals surface area contributed by atoms with Gasteiger partial charge in [-0.1, -0.05) is 40.2 Å². The molecule has 0 aromatic heterocycles. The molecule has 0 aliphatic carbocycles. The first-order valence-corrected chi connectivity index (χ1v) is 10.0. The number of amides is 2. The van der Waals surface area contributed by atoms with Gasteiger partial charge in [0.2, 0.25) is 5.91 Å². The van der Waals surface area contributed by atoms with Crippen LogP contribution in [0.4, 0.5) is 5.69 Å². The number of methoxy groups -OCH3 is 1. The van der Waals surface area contributed by atoms with Gasteiger partial charge in [-0.2, -0.15) is 0 Å². The number of carbonyl (C=O) groups is 2. The number of halogens is 1. The van der Waals surface area contributed by atoms with E-state index in [1.807, 2.05) is 24.3 Å². The van der Waals surface area contributed by atoms with Crippen LogP contribution in [0.5, 0.6) is 0 Å². The topological polar surface area (TPSA) is 67.4 Å². The van der Waals surface area contributed by atoms with Gasteiger partial charge in [-0.25, -0.2) is 0 Å². The number of rotatable bonds is 9. The summed E-state index contributed by atoms with van der Waals surface area (Å²) in [6.45, 7) is 0.855. The summed E-state index contributed by atoms with van der Waals surface area (Å²) in [4.78, 5) is 24.4. The Morgan fingerprint density at radius 3 is 2.58 bits per heavy atom. The average molecular weight is 437 g/mol. The number of hydrogen-bond acceptors (Lipinski definition) is 4. The van der Waals surface area contributed by atoms with E-state index in [0.717, 1.165) is 15.8 Å². The van der Waals surface area contributed by atoms with Gasteiger partial charge in [0.05, 0.1) is 23.6 Å². The molecule has 0 heterocycles. The van der Waals surface area contributed by atoms with Gasteiger partial charge >= 0.3 is 0 Å². The maximum absolute atomic E-state index is 12.2. The van der Waals surface area contributed by atoms with Gasteiger partial charge in [-0.15, -0.1) is 11.8 Å². The van der Waals surface area contributed by atoms with Crippen molar-refractivity contribution in [2.24, 2.45) is 0 Å². The van der Waals surface area contributed by atoms with Crippen LogP contribution in [0.15, 0.2) is 53.0 Å². The van der Waals surface area contributed by atoms with Crippen molar-refractivity contribution in [2.75, 3.05) is 31.3 Å².